The first kappa shape index (κ1) is 26.7. The number of anilines is 1. The molecule has 2 amide bonds. The van der Waals surface area contributed by atoms with E-state index in [2.05, 4.69) is 15.5 Å². The molecule has 1 atom stereocenters. The molecule has 0 aliphatic carbocycles. The number of carbonyl (C=O) groups excluding carboxylic acids is 2. The molecule has 0 aromatic heterocycles. The first-order valence-electron chi connectivity index (χ1n) is 10.2. The molecule has 2 N–H and O–H groups in total. The number of nitrogens with zero attached hydrogens (tertiary/aromatic N) is 2. The Labute approximate surface area is 191 Å². The zero-order valence-electron chi connectivity index (χ0n) is 17.8. The lowest BCUT2D eigenvalue weighted by Crippen LogP contribution is -2.52. The molecular weight excluding hydrogens is 427 g/mol. The number of nitrogens with one attached hydrogen (secondary N) is 2. The van der Waals surface area contributed by atoms with Gasteiger partial charge in [-0.3, -0.25) is 14.5 Å². The van der Waals surface area contributed by atoms with Gasteiger partial charge in [-0.2, -0.15) is 0 Å². The molecule has 9 heteroatoms. The van der Waals surface area contributed by atoms with Gasteiger partial charge in [0.2, 0.25) is 11.8 Å². The van der Waals surface area contributed by atoms with Crippen LogP contribution in [-0.4, -0.2) is 80.1 Å². The zero-order chi connectivity index (χ0) is 19.9. The average Bonchev–Trinajstić information content (AvgIpc) is 3.19. The van der Waals surface area contributed by atoms with E-state index < -0.39 is 0 Å². The Morgan fingerprint density at radius 3 is 2.53 bits per heavy atom. The van der Waals surface area contributed by atoms with Crippen LogP contribution in [-0.2, 0) is 14.3 Å². The van der Waals surface area contributed by atoms with Crippen LogP contribution in [0.2, 0.25) is 0 Å². The summed E-state index contributed by atoms with van der Waals surface area (Å²) in [6, 6.07) is 5.92. The van der Waals surface area contributed by atoms with Crippen molar-refractivity contribution in [2.75, 3.05) is 57.7 Å². The SMILES string of the molecule is Cc1cccc(NC(=O)CN2CCN(C(=O)CNCC3CCCO3)CC2)c1C.Cl.Cl. The molecule has 0 saturated carbocycles. The molecule has 2 saturated heterocycles. The molecule has 1 aromatic carbocycles. The normalized spacial score (nSPS) is 19.0. The monoisotopic (exact) mass is 460 g/mol. The van der Waals surface area contributed by atoms with E-state index in [0.29, 0.717) is 26.2 Å². The molecule has 30 heavy (non-hydrogen) atoms. The molecule has 0 bridgehead atoms. The summed E-state index contributed by atoms with van der Waals surface area (Å²) >= 11 is 0. The van der Waals surface area contributed by atoms with Crippen LogP contribution in [0, 0.1) is 13.8 Å². The number of carbonyl (C=O) groups is 2. The number of halogens is 2. The third-order valence-corrected chi connectivity index (χ3v) is 5.64. The fourth-order valence-corrected chi connectivity index (χ4v) is 3.69. The largest absolute Gasteiger partial charge is 0.377 e. The van der Waals surface area contributed by atoms with Crippen LogP contribution in [0.4, 0.5) is 5.69 Å². The Hall–Kier alpha value is -1.38. The molecule has 2 fully saturated rings. The maximum absolute atomic E-state index is 12.4. The minimum Gasteiger partial charge on any atom is -0.377 e. The van der Waals surface area contributed by atoms with Crippen LogP contribution >= 0.6 is 24.8 Å². The molecule has 0 radical (unpaired) electrons. The van der Waals surface area contributed by atoms with Gasteiger partial charge in [0.05, 0.1) is 19.2 Å². The number of rotatable bonds is 7. The minimum atomic E-state index is -0.00768. The number of hydrogen-bond acceptors (Lipinski definition) is 5. The Morgan fingerprint density at radius 2 is 1.87 bits per heavy atom. The maximum Gasteiger partial charge on any atom is 0.238 e. The van der Waals surface area contributed by atoms with Gasteiger partial charge in [0.25, 0.3) is 0 Å². The molecule has 1 aromatic rings. The standard InChI is InChI=1S/C21H32N4O3.2ClH/c1-16-5-3-7-19(17(16)2)23-20(26)15-24-8-10-25(11-9-24)21(27)14-22-13-18-6-4-12-28-18;;/h3,5,7,18,22H,4,6,8-15H2,1-2H3,(H,23,26);2*1H. The van der Waals surface area contributed by atoms with Gasteiger partial charge in [-0.05, 0) is 43.9 Å². The van der Waals surface area contributed by atoms with Crippen molar-refractivity contribution >= 4 is 42.3 Å². The van der Waals surface area contributed by atoms with Gasteiger partial charge in [-0.15, -0.1) is 24.8 Å². The summed E-state index contributed by atoms with van der Waals surface area (Å²) in [5.41, 5.74) is 3.14. The summed E-state index contributed by atoms with van der Waals surface area (Å²) in [5, 5.41) is 6.21. The van der Waals surface area contributed by atoms with Crippen molar-refractivity contribution in [2.24, 2.45) is 0 Å². The quantitative estimate of drug-likeness (QED) is 0.650. The van der Waals surface area contributed by atoms with Crippen molar-refractivity contribution in [1.82, 2.24) is 15.1 Å². The van der Waals surface area contributed by atoms with E-state index in [0.717, 1.165) is 55.9 Å². The third-order valence-electron chi connectivity index (χ3n) is 5.64. The maximum atomic E-state index is 12.4. The van der Waals surface area contributed by atoms with Gasteiger partial charge in [0.1, 0.15) is 0 Å². The van der Waals surface area contributed by atoms with Crippen molar-refractivity contribution in [1.29, 1.82) is 0 Å². The second-order valence-corrected chi connectivity index (χ2v) is 7.72. The molecule has 2 heterocycles. The number of ether oxygens (including phenoxy) is 1. The van der Waals surface area contributed by atoms with Gasteiger partial charge >= 0.3 is 0 Å². The van der Waals surface area contributed by atoms with Crippen LogP contribution in [0.25, 0.3) is 0 Å². The van der Waals surface area contributed by atoms with E-state index in [1.807, 2.05) is 36.9 Å². The Bertz CT molecular complexity index is 691. The Morgan fingerprint density at radius 1 is 1.13 bits per heavy atom. The predicted octanol–water partition coefficient (Wildman–Crippen LogP) is 2.00. The molecule has 7 nitrogen and oxygen atoms in total. The summed E-state index contributed by atoms with van der Waals surface area (Å²) in [6.07, 6.45) is 2.43. The van der Waals surface area contributed by atoms with E-state index in [-0.39, 0.29) is 42.7 Å². The Kier molecular flexibility index (Phi) is 11.7. The van der Waals surface area contributed by atoms with E-state index in [4.69, 9.17) is 4.74 Å². The van der Waals surface area contributed by atoms with Crippen LogP contribution in [0.3, 0.4) is 0 Å². The van der Waals surface area contributed by atoms with Crippen LogP contribution in [0.1, 0.15) is 24.0 Å². The van der Waals surface area contributed by atoms with Gasteiger partial charge < -0.3 is 20.3 Å². The number of piperazine rings is 1. The summed E-state index contributed by atoms with van der Waals surface area (Å²) < 4.78 is 5.56. The van der Waals surface area contributed by atoms with Crippen LogP contribution in [0.15, 0.2) is 18.2 Å². The summed E-state index contributed by atoms with van der Waals surface area (Å²) in [6.45, 7) is 9.10. The smallest absolute Gasteiger partial charge is 0.238 e. The molecule has 2 aliphatic heterocycles. The lowest BCUT2D eigenvalue weighted by molar-refractivity contribution is -0.132. The highest BCUT2D eigenvalue weighted by Crippen LogP contribution is 2.18. The highest BCUT2D eigenvalue weighted by atomic mass is 35.5. The molecule has 0 spiro atoms. The molecule has 170 valence electrons. The summed E-state index contributed by atoms with van der Waals surface area (Å²) in [7, 11) is 0. The second kappa shape index (κ2) is 13.1. The zero-order valence-corrected chi connectivity index (χ0v) is 19.4. The average molecular weight is 461 g/mol. The first-order chi connectivity index (χ1) is 13.5. The van der Waals surface area contributed by atoms with Gasteiger partial charge in [-0.25, -0.2) is 0 Å². The number of aryl methyl sites for hydroxylation is 1. The Balaban J connectivity index is 0.00000225. The number of hydrogen-bond donors (Lipinski definition) is 2. The lowest BCUT2D eigenvalue weighted by atomic mass is 10.1. The lowest BCUT2D eigenvalue weighted by Gasteiger charge is -2.34. The highest BCUT2D eigenvalue weighted by molar-refractivity contribution is 5.93. The van der Waals surface area contributed by atoms with E-state index in [9.17, 15) is 9.59 Å². The fourth-order valence-electron chi connectivity index (χ4n) is 3.69. The van der Waals surface area contributed by atoms with Gasteiger partial charge in [-0.1, -0.05) is 12.1 Å². The van der Waals surface area contributed by atoms with Crippen molar-refractivity contribution < 1.29 is 14.3 Å². The van der Waals surface area contributed by atoms with Gasteiger partial charge in [0, 0.05) is 45.0 Å². The van der Waals surface area contributed by atoms with Crippen molar-refractivity contribution in [3.63, 3.8) is 0 Å². The van der Waals surface area contributed by atoms with E-state index in [1.54, 1.807) is 0 Å². The minimum absolute atomic E-state index is 0. The molecule has 2 aliphatic rings. The van der Waals surface area contributed by atoms with Crippen LogP contribution < -0.4 is 10.6 Å². The summed E-state index contributed by atoms with van der Waals surface area (Å²) in [4.78, 5) is 28.7. The van der Waals surface area contributed by atoms with Crippen molar-refractivity contribution in [3.05, 3.63) is 29.3 Å². The fraction of sp³-hybridized carbons (Fsp3) is 0.619. The molecule has 1 unspecified atom stereocenters. The number of amides is 2. The van der Waals surface area contributed by atoms with E-state index in [1.165, 1.54) is 0 Å². The summed E-state index contributed by atoms with van der Waals surface area (Å²) in [5.74, 6) is 0.115. The first-order valence-corrected chi connectivity index (χ1v) is 10.2. The van der Waals surface area contributed by atoms with E-state index >= 15 is 0 Å². The second-order valence-electron chi connectivity index (χ2n) is 7.72. The van der Waals surface area contributed by atoms with Crippen molar-refractivity contribution in [3.8, 4) is 0 Å². The molecule has 3 rings (SSSR count). The molecular formula is C21H34Cl2N4O3. The van der Waals surface area contributed by atoms with Crippen LogP contribution in [0.5, 0.6) is 0 Å². The highest BCUT2D eigenvalue weighted by Gasteiger charge is 2.23. The van der Waals surface area contributed by atoms with Gasteiger partial charge in [0.15, 0.2) is 0 Å². The van der Waals surface area contributed by atoms with Crippen molar-refractivity contribution in [2.45, 2.75) is 32.8 Å². The number of benzene rings is 1. The third kappa shape index (κ3) is 7.71. The predicted molar refractivity (Wildman–Crippen MR) is 124 cm³/mol. The topological polar surface area (TPSA) is 73.9 Å².